The molecule has 9 heteroatoms. The number of carbonyl (C=O) groups excluding carboxylic acids is 3. The van der Waals surface area contributed by atoms with E-state index in [-0.39, 0.29) is 29.9 Å². The molecule has 2 aromatic carbocycles. The highest BCUT2D eigenvalue weighted by Gasteiger charge is 2.70. The number of nitrogens with one attached hydrogen (secondary N) is 1. The Morgan fingerprint density at radius 2 is 1.60 bits per heavy atom. The van der Waals surface area contributed by atoms with Crippen molar-refractivity contribution in [2.45, 2.75) is 116 Å². The van der Waals surface area contributed by atoms with Crippen LogP contribution in [0.3, 0.4) is 0 Å². The molecule has 3 fully saturated rings. The number of amides is 3. The van der Waals surface area contributed by atoms with E-state index in [9.17, 15) is 14.4 Å². The van der Waals surface area contributed by atoms with Gasteiger partial charge in [-0.3, -0.25) is 9.69 Å². The van der Waals surface area contributed by atoms with Crippen LogP contribution in [0.25, 0.3) is 0 Å². The molecule has 1 saturated heterocycles. The standard InChI is InChI=1S/C39H55N3O6/c1-36(2,3)48-34(44)40-25-30(28-18-13-10-14-19-28)32(33(43)41(7)8)42(35(45)46-26-27-16-11-9-12-17-27)31-20-15-22-39(47-31)24-29-21-23-38(39,6)37(29,4)5/h9-14,16-19,29-32H,15,20-26H2,1-8H3,(H,40,44)/t29-,30-,31-,32-,38-,39-/m1/s1. The number of hydrogen-bond donors (Lipinski definition) is 1. The van der Waals surface area contributed by atoms with Gasteiger partial charge in [-0.05, 0) is 81.8 Å². The average Bonchev–Trinajstić information content (AvgIpc) is 3.35. The molecular weight excluding hydrogens is 606 g/mol. The minimum atomic E-state index is -1.04. The number of carbonyl (C=O) groups is 3. The first-order chi connectivity index (χ1) is 22.6. The predicted octanol–water partition coefficient (Wildman–Crippen LogP) is 7.50. The number of likely N-dealkylation sites (N-methyl/N-ethyl adjacent to an activating group) is 1. The highest BCUT2D eigenvalue weighted by Crippen LogP contribution is 2.72. The van der Waals surface area contributed by atoms with Crippen molar-refractivity contribution in [3.05, 3.63) is 71.8 Å². The van der Waals surface area contributed by atoms with Crippen molar-refractivity contribution >= 4 is 18.1 Å². The molecule has 3 amide bonds. The lowest BCUT2D eigenvalue weighted by Crippen LogP contribution is -2.62. The van der Waals surface area contributed by atoms with E-state index in [1.54, 1.807) is 39.8 Å². The molecule has 6 atom stereocenters. The molecule has 262 valence electrons. The van der Waals surface area contributed by atoms with Crippen LogP contribution in [-0.4, -0.2) is 72.0 Å². The molecule has 0 aromatic heterocycles. The second kappa shape index (κ2) is 13.7. The minimum absolute atomic E-state index is 0.0515. The number of benzene rings is 2. The summed E-state index contributed by atoms with van der Waals surface area (Å²) in [6.45, 7) is 12.6. The molecule has 9 nitrogen and oxygen atoms in total. The normalized spacial score (nSPS) is 27.2. The SMILES string of the molecule is CN(C)C(=O)[C@@H]([C@H](CNC(=O)OC(C)(C)C)c1ccccc1)N(C(=O)OCc1ccccc1)[C@H]1CCC[C@]2(C[C@H]3CC[C@]2(C)C3(C)C)O1. The number of nitrogens with zero attached hydrogens (tertiary/aromatic N) is 2. The molecule has 3 aliphatic rings. The first kappa shape index (κ1) is 35.7. The second-order valence-electron chi connectivity index (χ2n) is 16.0. The summed E-state index contributed by atoms with van der Waals surface area (Å²) in [7, 11) is 3.38. The van der Waals surface area contributed by atoms with Gasteiger partial charge in [0.1, 0.15) is 24.5 Å². The monoisotopic (exact) mass is 661 g/mol. The Balaban J connectivity index is 1.57. The Morgan fingerprint density at radius 1 is 0.958 bits per heavy atom. The predicted molar refractivity (Wildman–Crippen MR) is 185 cm³/mol. The van der Waals surface area contributed by atoms with E-state index >= 15 is 0 Å². The van der Waals surface area contributed by atoms with Crippen molar-refractivity contribution < 1.29 is 28.6 Å². The largest absolute Gasteiger partial charge is 0.444 e. The topological polar surface area (TPSA) is 97.4 Å². The Labute approximate surface area is 286 Å². The summed E-state index contributed by atoms with van der Waals surface area (Å²) in [5.41, 5.74) is 0.553. The van der Waals surface area contributed by atoms with Gasteiger partial charge in [0.25, 0.3) is 0 Å². The number of ether oxygens (including phenoxy) is 3. The zero-order valence-electron chi connectivity index (χ0n) is 30.1. The van der Waals surface area contributed by atoms with Gasteiger partial charge < -0.3 is 24.4 Å². The van der Waals surface area contributed by atoms with Gasteiger partial charge in [0, 0.05) is 32.0 Å². The number of hydrogen-bond acceptors (Lipinski definition) is 6. The number of fused-ring (bicyclic) bond motifs is 3. The first-order valence-electron chi connectivity index (χ1n) is 17.5. The van der Waals surface area contributed by atoms with Crippen molar-refractivity contribution in [2.75, 3.05) is 20.6 Å². The molecule has 0 unspecified atom stereocenters. The maximum Gasteiger partial charge on any atom is 0.412 e. The fourth-order valence-corrected chi connectivity index (χ4v) is 8.66. The number of rotatable bonds is 9. The van der Waals surface area contributed by atoms with E-state index in [1.165, 1.54) is 11.3 Å². The van der Waals surface area contributed by atoms with E-state index in [0.29, 0.717) is 12.3 Å². The van der Waals surface area contributed by atoms with E-state index in [4.69, 9.17) is 14.2 Å². The van der Waals surface area contributed by atoms with Crippen LogP contribution in [0, 0.1) is 16.7 Å². The van der Waals surface area contributed by atoms with Crippen LogP contribution in [0.1, 0.15) is 97.1 Å². The number of alkyl carbamates (subject to hydrolysis) is 1. The van der Waals surface area contributed by atoms with E-state index in [2.05, 4.69) is 26.1 Å². The van der Waals surface area contributed by atoms with Crippen LogP contribution in [0.5, 0.6) is 0 Å². The fourth-order valence-electron chi connectivity index (χ4n) is 8.66. The molecule has 48 heavy (non-hydrogen) atoms. The summed E-state index contributed by atoms with van der Waals surface area (Å²) in [4.78, 5) is 45.1. The fraction of sp³-hybridized carbons (Fsp3) is 0.615. The zero-order chi connectivity index (χ0) is 34.9. The van der Waals surface area contributed by atoms with Crippen molar-refractivity contribution in [1.82, 2.24) is 15.1 Å². The summed E-state index contributed by atoms with van der Waals surface area (Å²) in [5.74, 6) is -0.380. The smallest absolute Gasteiger partial charge is 0.412 e. The minimum Gasteiger partial charge on any atom is -0.444 e. The molecule has 1 heterocycles. The van der Waals surface area contributed by atoms with Crippen molar-refractivity contribution in [1.29, 1.82) is 0 Å². The van der Waals surface area contributed by atoms with Gasteiger partial charge in [-0.15, -0.1) is 0 Å². The molecule has 2 aromatic rings. The van der Waals surface area contributed by atoms with Gasteiger partial charge in [0.15, 0.2) is 0 Å². The molecule has 2 aliphatic carbocycles. The Hall–Kier alpha value is -3.59. The quantitative estimate of drug-likeness (QED) is 0.299. The van der Waals surface area contributed by atoms with Crippen LogP contribution >= 0.6 is 0 Å². The molecular formula is C39H55N3O6. The highest BCUT2D eigenvalue weighted by molar-refractivity contribution is 5.87. The van der Waals surface area contributed by atoms with E-state index < -0.39 is 41.6 Å². The van der Waals surface area contributed by atoms with Crippen LogP contribution in [-0.2, 0) is 25.6 Å². The van der Waals surface area contributed by atoms with Gasteiger partial charge in [-0.25, -0.2) is 9.59 Å². The molecule has 2 bridgehead atoms. The maximum absolute atomic E-state index is 14.6. The third-order valence-corrected chi connectivity index (χ3v) is 11.6. The van der Waals surface area contributed by atoms with Crippen molar-refractivity contribution in [3.8, 4) is 0 Å². The van der Waals surface area contributed by atoms with Gasteiger partial charge >= 0.3 is 12.2 Å². The lowest BCUT2D eigenvalue weighted by molar-refractivity contribution is -0.235. The van der Waals surface area contributed by atoms with Crippen LogP contribution < -0.4 is 5.32 Å². The molecule has 1 aliphatic heterocycles. The van der Waals surface area contributed by atoms with Gasteiger partial charge in [0.05, 0.1) is 5.60 Å². The van der Waals surface area contributed by atoms with Crippen LogP contribution in [0.4, 0.5) is 9.59 Å². The first-order valence-corrected chi connectivity index (χ1v) is 17.5. The van der Waals surface area contributed by atoms with Crippen molar-refractivity contribution in [3.63, 3.8) is 0 Å². The summed E-state index contributed by atoms with van der Waals surface area (Å²) < 4.78 is 18.9. The van der Waals surface area contributed by atoms with E-state index in [0.717, 1.165) is 36.8 Å². The second-order valence-corrected chi connectivity index (χ2v) is 16.0. The highest BCUT2D eigenvalue weighted by atomic mass is 16.6. The molecule has 2 saturated carbocycles. The third-order valence-electron chi connectivity index (χ3n) is 11.6. The van der Waals surface area contributed by atoms with Gasteiger partial charge in [-0.1, -0.05) is 81.4 Å². The van der Waals surface area contributed by atoms with Gasteiger partial charge in [0.2, 0.25) is 5.91 Å². The molecule has 0 radical (unpaired) electrons. The van der Waals surface area contributed by atoms with Gasteiger partial charge in [-0.2, -0.15) is 0 Å². The molecule has 5 rings (SSSR count). The maximum atomic E-state index is 14.6. The average molecular weight is 662 g/mol. The summed E-state index contributed by atoms with van der Waals surface area (Å²) in [6.07, 6.45) is 3.63. The van der Waals surface area contributed by atoms with Crippen molar-refractivity contribution in [2.24, 2.45) is 16.7 Å². The van der Waals surface area contributed by atoms with E-state index in [1.807, 2.05) is 60.7 Å². The molecule has 1 N–H and O–H groups in total. The lowest BCUT2D eigenvalue weighted by Gasteiger charge is -2.54. The Bertz CT molecular complexity index is 1440. The Morgan fingerprint density at radius 3 is 2.17 bits per heavy atom. The van der Waals surface area contributed by atoms with Crippen LogP contribution in [0.15, 0.2) is 60.7 Å². The third kappa shape index (κ3) is 6.93. The molecule has 1 spiro atoms. The lowest BCUT2D eigenvalue weighted by atomic mass is 9.62. The summed E-state index contributed by atoms with van der Waals surface area (Å²) in [5, 5.41) is 2.90. The summed E-state index contributed by atoms with van der Waals surface area (Å²) >= 11 is 0. The zero-order valence-corrected chi connectivity index (χ0v) is 30.1. The van der Waals surface area contributed by atoms with Crippen LogP contribution in [0.2, 0.25) is 0 Å². The summed E-state index contributed by atoms with van der Waals surface area (Å²) in [6, 6.07) is 18.0. The Kier molecular flexibility index (Phi) is 10.2.